The Hall–Kier alpha value is -2.92. The van der Waals surface area contributed by atoms with E-state index in [4.69, 9.17) is 21.6 Å². The summed E-state index contributed by atoms with van der Waals surface area (Å²) in [5, 5.41) is 0.731. The van der Waals surface area contributed by atoms with Crippen LogP contribution in [-0.2, 0) is 17.6 Å². The highest BCUT2D eigenvalue weighted by Gasteiger charge is 2.26. The fourth-order valence-corrected chi connectivity index (χ4v) is 4.54. The Bertz CT molecular complexity index is 1110. The van der Waals surface area contributed by atoms with Gasteiger partial charge >= 0.3 is 0 Å². The molecule has 5 nitrogen and oxygen atoms in total. The van der Waals surface area contributed by atoms with Crippen molar-refractivity contribution in [3.05, 3.63) is 76.4 Å². The first kappa shape index (κ1) is 23.2. The van der Waals surface area contributed by atoms with Crippen LogP contribution in [0.5, 0.6) is 0 Å². The van der Waals surface area contributed by atoms with E-state index in [1.165, 1.54) is 0 Å². The van der Waals surface area contributed by atoms with E-state index in [1.54, 1.807) is 0 Å². The zero-order valence-corrected chi connectivity index (χ0v) is 20.3. The highest BCUT2D eigenvalue weighted by Crippen LogP contribution is 2.29. The molecule has 0 spiro atoms. The van der Waals surface area contributed by atoms with Crippen molar-refractivity contribution in [1.29, 1.82) is 0 Å². The Labute approximate surface area is 201 Å². The SMILES string of the molecule is CCc1nc(-c2ccccc2)nc(N2CCN(C(=O)C(C)C)CC2)c1Cc1cccc(Cl)c1. The van der Waals surface area contributed by atoms with Crippen LogP contribution in [0.15, 0.2) is 54.6 Å². The molecule has 0 N–H and O–H groups in total. The van der Waals surface area contributed by atoms with Gasteiger partial charge in [0.2, 0.25) is 5.91 Å². The molecular formula is C27H31ClN4O. The first-order valence-corrected chi connectivity index (χ1v) is 12.1. The lowest BCUT2D eigenvalue weighted by Crippen LogP contribution is -2.50. The predicted molar refractivity (Wildman–Crippen MR) is 135 cm³/mol. The van der Waals surface area contributed by atoms with Crippen molar-refractivity contribution in [2.45, 2.75) is 33.6 Å². The molecule has 0 bridgehead atoms. The second-order valence-electron chi connectivity index (χ2n) is 8.79. The van der Waals surface area contributed by atoms with Crippen molar-refractivity contribution in [2.24, 2.45) is 5.92 Å². The summed E-state index contributed by atoms with van der Waals surface area (Å²) in [6.45, 7) is 9.00. The van der Waals surface area contributed by atoms with Gasteiger partial charge < -0.3 is 9.80 Å². The smallest absolute Gasteiger partial charge is 0.225 e. The first-order valence-electron chi connectivity index (χ1n) is 11.7. The molecule has 1 saturated heterocycles. The van der Waals surface area contributed by atoms with Crippen molar-refractivity contribution < 1.29 is 4.79 Å². The summed E-state index contributed by atoms with van der Waals surface area (Å²) in [5.41, 5.74) is 4.35. The molecule has 3 aromatic rings. The molecule has 0 radical (unpaired) electrons. The van der Waals surface area contributed by atoms with Crippen LogP contribution in [0.2, 0.25) is 5.02 Å². The summed E-state index contributed by atoms with van der Waals surface area (Å²) in [7, 11) is 0. The average molecular weight is 463 g/mol. The maximum absolute atomic E-state index is 12.5. The number of hydrogen-bond donors (Lipinski definition) is 0. The lowest BCUT2D eigenvalue weighted by molar-refractivity contribution is -0.134. The molecule has 4 rings (SSSR count). The van der Waals surface area contributed by atoms with Gasteiger partial charge in [0.25, 0.3) is 0 Å². The summed E-state index contributed by atoms with van der Waals surface area (Å²) in [4.78, 5) is 26.8. The Morgan fingerprint density at radius 1 is 1.00 bits per heavy atom. The van der Waals surface area contributed by atoms with Crippen LogP contribution in [0.3, 0.4) is 0 Å². The van der Waals surface area contributed by atoms with Crippen LogP contribution in [0.1, 0.15) is 37.6 Å². The zero-order valence-electron chi connectivity index (χ0n) is 19.6. The van der Waals surface area contributed by atoms with Crippen LogP contribution in [-0.4, -0.2) is 47.0 Å². The quantitative estimate of drug-likeness (QED) is 0.501. The summed E-state index contributed by atoms with van der Waals surface area (Å²) in [5.74, 6) is 1.95. The lowest BCUT2D eigenvalue weighted by atomic mass is 10.0. The Morgan fingerprint density at radius 3 is 2.36 bits per heavy atom. The minimum atomic E-state index is 0.0189. The van der Waals surface area contributed by atoms with Gasteiger partial charge in [-0.25, -0.2) is 9.97 Å². The number of benzene rings is 2. The van der Waals surface area contributed by atoms with Crippen LogP contribution >= 0.6 is 11.6 Å². The maximum Gasteiger partial charge on any atom is 0.225 e. The largest absolute Gasteiger partial charge is 0.353 e. The number of nitrogens with zero attached hydrogens (tertiary/aromatic N) is 4. The number of halogens is 1. The number of carbonyl (C=O) groups is 1. The summed E-state index contributed by atoms with van der Waals surface area (Å²) in [6, 6.07) is 18.1. The van der Waals surface area contributed by atoms with Gasteiger partial charge in [0.15, 0.2) is 5.82 Å². The Balaban J connectivity index is 1.73. The van der Waals surface area contributed by atoms with Gasteiger partial charge in [-0.3, -0.25) is 4.79 Å². The highest BCUT2D eigenvalue weighted by atomic mass is 35.5. The molecule has 2 aromatic carbocycles. The standard InChI is InChI=1S/C27H31ClN4O/c1-4-24-23(18-20-9-8-12-22(28)17-20)26(30-25(29-24)21-10-6-5-7-11-21)31-13-15-32(16-14-31)27(33)19(2)3/h5-12,17,19H,4,13-16,18H2,1-3H3. The monoisotopic (exact) mass is 462 g/mol. The zero-order chi connectivity index (χ0) is 23.4. The fourth-order valence-electron chi connectivity index (χ4n) is 4.32. The van der Waals surface area contributed by atoms with E-state index in [1.807, 2.05) is 55.1 Å². The number of rotatable bonds is 6. The highest BCUT2D eigenvalue weighted by molar-refractivity contribution is 6.30. The third kappa shape index (κ3) is 5.36. The summed E-state index contributed by atoms with van der Waals surface area (Å²) in [6.07, 6.45) is 1.54. The number of aryl methyl sites for hydroxylation is 1. The second kappa shape index (κ2) is 10.3. The van der Waals surface area contributed by atoms with Gasteiger partial charge in [0, 0.05) is 60.4 Å². The van der Waals surface area contributed by atoms with Gasteiger partial charge in [-0.1, -0.05) is 74.8 Å². The number of aromatic nitrogens is 2. The van der Waals surface area contributed by atoms with E-state index in [0.29, 0.717) is 13.1 Å². The van der Waals surface area contributed by atoms with Crippen molar-refractivity contribution >= 4 is 23.3 Å². The van der Waals surface area contributed by atoms with E-state index >= 15 is 0 Å². The minimum Gasteiger partial charge on any atom is -0.353 e. The van der Waals surface area contributed by atoms with E-state index in [2.05, 4.69) is 30.0 Å². The van der Waals surface area contributed by atoms with Gasteiger partial charge in [0.1, 0.15) is 5.82 Å². The fraction of sp³-hybridized carbons (Fsp3) is 0.370. The van der Waals surface area contributed by atoms with Gasteiger partial charge in [-0.05, 0) is 24.1 Å². The normalized spacial score (nSPS) is 14.1. The van der Waals surface area contributed by atoms with Gasteiger partial charge in [0.05, 0.1) is 0 Å². The number of carbonyl (C=O) groups excluding carboxylic acids is 1. The molecule has 1 fully saturated rings. The molecule has 0 atom stereocenters. The predicted octanol–water partition coefficient (Wildman–Crippen LogP) is 5.25. The van der Waals surface area contributed by atoms with E-state index in [-0.39, 0.29) is 11.8 Å². The molecule has 0 unspecified atom stereocenters. The maximum atomic E-state index is 12.5. The van der Waals surface area contributed by atoms with E-state index in [9.17, 15) is 4.79 Å². The third-order valence-corrected chi connectivity index (χ3v) is 6.33. The van der Waals surface area contributed by atoms with Crippen LogP contribution < -0.4 is 4.90 Å². The number of anilines is 1. The minimum absolute atomic E-state index is 0.0189. The van der Waals surface area contributed by atoms with Crippen LogP contribution in [0.4, 0.5) is 5.82 Å². The number of amides is 1. The Morgan fingerprint density at radius 2 is 1.73 bits per heavy atom. The summed E-state index contributed by atoms with van der Waals surface area (Å²) < 4.78 is 0. The molecule has 2 heterocycles. The lowest BCUT2D eigenvalue weighted by Gasteiger charge is -2.37. The second-order valence-corrected chi connectivity index (χ2v) is 9.23. The topological polar surface area (TPSA) is 49.3 Å². The van der Waals surface area contributed by atoms with Crippen LogP contribution in [0.25, 0.3) is 11.4 Å². The third-order valence-electron chi connectivity index (χ3n) is 6.09. The molecule has 1 aliphatic heterocycles. The molecule has 1 aromatic heterocycles. The molecular weight excluding hydrogens is 432 g/mol. The molecule has 1 aliphatic rings. The average Bonchev–Trinajstić information content (AvgIpc) is 2.84. The molecule has 1 amide bonds. The molecule has 33 heavy (non-hydrogen) atoms. The van der Waals surface area contributed by atoms with E-state index in [0.717, 1.165) is 65.0 Å². The van der Waals surface area contributed by atoms with Crippen molar-refractivity contribution in [3.8, 4) is 11.4 Å². The van der Waals surface area contributed by atoms with Crippen molar-refractivity contribution in [1.82, 2.24) is 14.9 Å². The summed E-state index contributed by atoms with van der Waals surface area (Å²) >= 11 is 6.27. The first-order chi connectivity index (χ1) is 16.0. The number of piperazine rings is 1. The molecule has 0 aliphatic carbocycles. The van der Waals surface area contributed by atoms with E-state index < -0.39 is 0 Å². The molecule has 0 saturated carbocycles. The van der Waals surface area contributed by atoms with Crippen molar-refractivity contribution in [2.75, 3.05) is 31.1 Å². The number of hydrogen-bond acceptors (Lipinski definition) is 4. The van der Waals surface area contributed by atoms with Crippen molar-refractivity contribution in [3.63, 3.8) is 0 Å². The molecule has 6 heteroatoms. The van der Waals surface area contributed by atoms with Gasteiger partial charge in [-0.2, -0.15) is 0 Å². The van der Waals surface area contributed by atoms with Gasteiger partial charge in [-0.15, -0.1) is 0 Å². The van der Waals surface area contributed by atoms with Crippen LogP contribution in [0, 0.1) is 5.92 Å². The Kier molecular flexibility index (Phi) is 7.29. The molecule has 172 valence electrons.